The zero-order chi connectivity index (χ0) is 13.7. The van der Waals surface area contributed by atoms with Crippen molar-refractivity contribution >= 4 is 23.4 Å². The molecule has 1 aromatic rings. The van der Waals surface area contributed by atoms with Gasteiger partial charge >= 0.3 is 0 Å². The second-order valence-electron chi connectivity index (χ2n) is 5.10. The van der Waals surface area contributed by atoms with E-state index in [4.69, 9.17) is 0 Å². The smallest absolute Gasteiger partial charge is 0.231 e. The van der Waals surface area contributed by atoms with Gasteiger partial charge in [0.2, 0.25) is 5.91 Å². The lowest BCUT2D eigenvalue weighted by atomic mass is 9.77. The minimum absolute atomic E-state index is 0.153. The second kappa shape index (κ2) is 6.44. The van der Waals surface area contributed by atoms with Gasteiger partial charge in [-0.15, -0.1) is 11.8 Å². The first-order valence-corrected chi connectivity index (χ1v) is 8.09. The Morgan fingerprint density at radius 3 is 3.00 bits per heavy atom. The molecule has 3 nitrogen and oxygen atoms in total. The Balaban J connectivity index is 2.10. The lowest BCUT2D eigenvalue weighted by molar-refractivity contribution is -0.126. The number of hydrogen-bond acceptors (Lipinski definition) is 3. The molecule has 4 heteroatoms. The van der Waals surface area contributed by atoms with E-state index in [1.807, 2.05) is 24.5 Å². The van der Waals surface area contributed by atoms with E-state index in [1.165, 1.54) is 4.90 Å². The molecule has 0 bridgehead atoms. The quantitative estimate of drug-likeness (QED) is 0.831. The number of thioether (sulfide) groups is 1. The SMILES string of the molecule is CCC1(C(=O)Nc2cccc(SC)c2)CCCNC1. The summed E-state index contributed by atoms with van der Waals surface area (Å²) in [6, 6.07) is 8.02. The highest BCUT2D eigenvalue weighted by atomic mass is 32.2. The van der Waals surface area contributed by atoms with Crippen LogP contribution in [0.5, 0.6) is 0 Å². The maximum atomic E-state index is 12.6. The molecule has 104 valence electrons. The van der Waals surface area contributed by atoms with Crippen LogP contribution in [0.4, 0.5) is 5.69 Å². The maximum absolute atomic E-state index is 12.6. The normalized spacial score (nSPS) is 23.1. The van der Waals surface area contributed by atoms with Gasteiger partial charge < -0.3 is 10.6 Å². The van der Waals surface area contributed by atoms with E-state index >= 15 is 0 Å². The topological polar surface area (TPSA) is 41.1 Å². The van der Waals surface area contributed by atoms with Gasteiger partial charge in [-0.05, 0) is 50.3 Å². The van der Waals surface area contributed by atoms with Crippen LogP contribution < -0.4 is 10.6 Å². The summed E-state index contributed by atoms with van der Waals surface area (Å²) < 4.78 is 0. The third-order valence-electron chi connectivity index (χ3n) is 3.96. The molecule has 19 heavy (non-hydrogen) atoms. The van der Waals surface area contributed by atoms with Crippen LogP contribution in [0.15, 0.2) is 29.2 Å². The van der Waals surface area contributed by atoms with Crippen LogP contribution in [0, 0.1) is 5.41 Å². The summed E-state index contributed by atoms with van der Waals surface area (Å²) >= 11 is 1.69. The number of nitrogens with one attached hydrogen (secondary N) is 2. The van der Waals surface area contributed by atoms with Gasteiger partial charge in [-0.2, -0.15) is 0 Å². The lowest BCUT2D eigenvalue weighted by Crippen LogP contribution is -2.47. The third kappa shape index (κ3) is 3.31. The number of anilines is 1. The van der Waals surface area contributed by atoms with Gasteiger partial charge in [-0.3, -0.25) is 4.79 Å². The maximum Gasteiger partial charge on any atom is 0.231 e. The van der Waals surface area contributed by atoms with E-state index in [2.05, 4.69) is 23.6 Å². The van der Waals surface area contributed by atoms with Crippen molar-refractivity contribution in [3.8, 4) is 0 Å². The van der Waals surface area contributed by atoms with Crippen LogP contribution in [0.3, 0.4) is 0 Å². The van der Waals surface area contributed by atoms with Crippen molar-refractivity contribution in [2.24, 2.45) is 5.41 Å². The first kappa shape index (κ1) is 14.4. The molecule has 1 atom stereocenters. The molecule has 1 saturated heterocycles. The van der Waals surface area contributed by atoms with Gasteiger partial charge in [0, 0.05) is 17.1 Å². The Labute approximate surface area is 119 Å². The van der Waals surface area contributed by atoms with Crippen LogP contribution in [0.2, 0.25) is 0 Å². The number of carbonyl (C=O) groups is 1. The van der Waals surface area contributed by atoms with Gasteiger partial charge in [-0.1, -0.05) is 13.0 Å². The molecule has 0 aromatic heterocycles. The standard InChI is InChI=1S/C15H22N2OS/c1-3-15(8-5-9-16-11-15)14(18)17-12-6-4-7-13(10-12)19-2/h4,6-7,10,16H,3,5,8-9,11H2,1-2H3,(H,17,18). The molecule has 2 rings (SSSR count). The van der Waals surface area contributed by atoms with E-state index in [1.54, 1.807) is 11.8 Å². The predicted molar refractivity (Wildman–Crippen MR) is 81.7 cm³/mol. The minimum Gasteiger partial charge on any atom is -0.326 e. The summed E-state index contributed by atoms with van der Waals surface area (Å²) in [4.78, 5) is 13.7. The van der Waals surface area contributed by atoms with E-state index in [0.29, 0.717) is 0 Å². The van der Waals surface area contributed by atoms with Gasteiger partial charge in [0.05, 0.1) is 5.41 Å². The molecule has 1 aliphatic rings. The predicted octanol–water partition coefficient (Wildman–Crippen LogP) is 3.13. The van der Waals surface area contributed by atoms with E-state index < -0.39 is 0 Å². The molecule has 2 N–H and O–H groups in total. The fraction of sp³-hybridized carbons (Fsp3) is 0.533. The lowest BCUT2D eigenvalue weighted by Gasteiger charge is -2.35. The first-order valence-electron chi connectivity index (χ1n) is 6.86. The summed E-state index contributed by atoms with van der Waals surface area (Å²) in [5.74, 6) is 0.153. The highest BCUT2D eigenvalue weighted by Crippen LogP contribution is 2.32. The van der Waals surface area contributed by atoms with E-state index in [0.717, 1.165) is 38.0 Å². The molecule has 1 aliphatic heterocycles. The van der Waals surface area contributed by atoms with Gasteiger partial charge in [-0.25, -0.2) is 0 Å². The van der Waals surface area contributed by atoms with Crippen molar-refractivity contribution in [3.63, 3.8) is 0 Å². The molecule has 0 saturated carbocycles. The Bertz CT molecular complexity index is 442. The average Bonchev–Trinajstić information content (AvgIpc) is 2.48. The summed E-state index contributed by atoms with van der Waals surface area (Å²) in [5, 5.41) is 6.44. The van der Waals surface area contributed by atoms with Crippen molar-refractivity contribution < 1.29 is 4.79 Å². The number of rotatable bonds is 4. The summed E-state index contributed by atoms with van der Waals surface area (Å²) in [5.41, 5.74) is 0.656. The number of benzene rings is 1. The molecule has 1 fully saturated rings. The fourth-order valence-corrected chi connectivity index (χ4v) is 3.05. The van der Waals surface area contributed by atoms with Crippen LogP contribution in [-0.2, 0) is 4.79 Å². The largest absolute Gasteiger partial charge is 0.326 e. The van der Waals surface area contributed by atoms with Crippen LogP contribution in [0.1, 0.15) is 26.2 Å². The summed E-state index contributed by atoms with van der Waals surface area (Å²) in [6.45, 7) is 3.92. The molecule has 0 spiro atoms. The molecule has 1 unspecified atom stereocenters. The average molecular weight is 278 g/mol. The zero-order valence-corrected chi connectivity index (χ0v) is 12.5. The highest BCUT2D eigenvalue weighted by Gasteiger charge is 2.37. The molecule has 1 heterocycles. The van der Waals surface area contributed by atoms with Gasteiger partial charge in [0.15, 0.2) is 0 Å². The number of carbonyl (C=O) groups excluding carboxylic acids is 1. The van der Waals surface area contributed by atoms with Gasteiger partial charge in [0.1, 0.15) is 0 Å². The number of hydrogen-bond donors (Lipinski definition) is 2. The first-order chi connectivity index (χ1) is 9.20. The number of amides is 1. The fourth-order valence-electron chi connectivity index (χ4n) is 2.59. The van der Waals surface area contributed by atoms with Crippen molar-refractivity contribution in [1.82, 2.24) is 5.32 Å². The Morgan fingerprint density at radius 1 is 1.53 bits per heavy atom. The van der Waals surface area contributed by atoms with E-state index in [-0.39, 0.29) is 11.3 Å². The van der Waals surface area contributed by atoms with Crippen LogP contribution >= 0.6 is 11.8 Å². The van der Waals surface area contributed by atoms with Crippen LogP contribution in [-0.4, -0.2) is 25.3 Å². The molecular weight excluding hydrogens is 256 g/mol. The number of piperidine rings is 1. The molecular formula is C15H22N2OS. The highest BCUT2D eigenvalue weighted by molar-refractivity contribution is 7.98. The summed E-state index contributed by atoms with van der Waals surface area (Å²) in [7, 11) is 0. The van der Waals surface area contributed by atoms with Crippen molar-refractivity contribution in [2.45, 2.75) is 31.1 Å². The second-order valence-corrected chi connectivity index (χ2v) is 5.98. The Morgan fingerprint density at radius 2 is 2.37 bits per heavy atom. The molecule has 1 aromatic carbocycles. The molecule has 0 radical (unpaired) electrons. The Kier molecular flexibility index (Phi) is 4.88. The van der Waals surface area contributed by atoms with Gasteiger partial charge in [0.25, 0.3) is 0 Å². The summed E-state index contributed by atoms with van der Waals surface area (Å²) in [6.07, 6.45) is 4.98. The minimum atomic E-state index is -0.242. The third-order valence-corrected chi connectivity index (χ3v) is 4.68. The van der Waals surface area contributed by atoms with Crippen molar-refractivity contribution in [3.05, 3.63) is 24.3 Å². The Hall–Kier alpha value is -1.00. The van der Waals surface area contributed by atoms with Crippen LogP contribution in [0.25, 0.3) is 0 Å². The van der Waals surface area contributed by atoms with E-state index in [9.17, 15) is 4.79 Å². The molecule has 1 amide bonds. The monoisotopic (exact) mass is 278 g/mol. The van der Waals surface area contributed by atoms with Crippen molar-refractivity contribution in [1.29, 1.82) is 0 Å². The zero-order valence-electron chi connectivity index (χ0n) is 11.7. The molecule has 0 aliphatic carbocycles. The van der Waals surface area contributed by atoms with Crippen molar-refractivity contribution in [2.75, 3.05) is 24.7 Å².